The van der Waals surface area contributed by atoms with Crippen LogP contribution in [0.5, 0.6) is 0 Å². The summed E-state index contributed by atoms with van der Waals surface area (Å²) in [6, 6.07) is 5.38. The maximum atomic E-state index is 13.1. The molecule has 1 aromatic rings. The zero-order valence-corrected chi connectivity index (χ0v) is 12.4. The van der Waals surface area contributed by atoms with Gasteiger partial charge in [-0.25, -0.2) is 4.39 Å². The van der Waals surface area contributed by atoms with E-state index in [0.717, 1.165) is 37.2 Å². The first-order valence-corrected chi connectivity index (χ1v) is 6.86. The molecule has 0 aliphatic heterocycles. The molecule has 0 heterocycles. The summed E-state index contributed by atoms with van der Waals surface area (Å²) in [7, 11) is 0. The van der Waals surface area contributed by atoms with Gasteiger partial charge >= 0.3 is 0 Å². The first kappa shape index (κ1) is 17.1. The van der Waals surface area contributed by atoms with Crippen LogP contribution in [0.1, 0.15) is 57.6 Å². The second-order valence-electron chi connectivity index (χ2n) is 4.79. The Morgan fingerprint density at radius 3 is 2.06 bits per heavy atom. The van der Waals surface area contributed by atoms with Crippen molar-refractivity contribution in [2.45, 2.75) is 53.4 Å². The SMILES string of the molecule is CCCOCCC.Cc1ccc(C(C)C)c(F)c1. The lowest BCUT2D eigenvalue weighted by molar-refractivity contribution is 0.135. The van der Waals surface area contributed by atoms with Gasteiger partial charge in [0.25, 0.3) is 0 Å². The van der Waals surface area contributed by atoms with E-state index in [2.05, 4.69) is 13.8 Å². The molecule has 18 heavy (non-hydrogen) atoms. The Bertz CT molecular complexity index is 317. The Morgan fingerprint density at radius 2 is 1.67 bits per heavy atom. The monoisotopic (exact) mass is 254 g/mol. The smallest absolute Gasteiger partial charge is 0.126 e. The van der Waals surface area contributed by atoms with Crippen molar-refractivity contribution in [3.63, 3.8) is 0 Å². The number of rotatable bonds is 5. The van der Waals surface area contributed by atoms with E-state index in [1.165, 1.54) is 0 Å². The van der Waals surface area contributed by atoms with Crippen molar-refractivity contribution in [2.24, 2.45) is 0 Å². The second-order valence-corrected chi connectivity index (χ2v) is 4.79. The van der Waals surface area contributed by atoms with Gasteiger partial charge in [-0.15, -0.1) is 0 Å². The van der Waals surface area contributed by atoms with Crippen molar-refractivity contribution in [3.8, 4) is 0 Å². The molecule has 0 N–H and O–H groups in total. The highest BCUT2D eigenvalue weighted by Gasteiger charge is 2.04. The molecule has 1 rings (SSSR count). The molecule has 0 atom stereocenters. The van der Waals surface area contributed by atoms with Crippen LogP contribution in [-0.4, -0.2) is 13.2 Å². The molecule has 104 valence electrons. The molecule has 0 amide bonds. The van der Waals surface area contributed by atoms with Gasteiger partial charge in [0, 0.05) is 13.2 Å². The second kappa shape index (κ2) is 10.1. The van der Waals surface area contributed by atoms with Gasteiger partial charge < -0.3 is 4.74 Å². The highest BCUT2D eigenvalue weighted by atomic mass is 19.1. The normalized spacial score (nSPS) is 10.2. The van der Waals surface area contributed by atoms with Gasteiger partial charge in [0.1, 0.15) is 5.82 Å². The molecule has 0 radical (unpaired) electrons. The van der Waals surface area contributed by atoms with Gasteiger partial charge in [-0.05, 0) is 42.9 Å². The van der Waals surface area contributed by atoms with E-state index in [1.807, 2.05) is 32.9 Å². The van der Waals surface area contributed by atoms with Crippen LogP contribution in [0.2, 0.25) is 0 Å². The molecule has 0 bridgehead atoms. The fourth-order valence-corrected chi connectivity index (χ4v) is 1.49. The molecule has 0 aliphatic carbocycles. The fraction of sp³-hybridized carbons (Fsp3) is 0.625. The molecule has 0 unspecified atom stereocenters. The van der Waals surface area contributed by atoms with E-state index >= 15 is 0 Å². The minimum atomic E-state index is -0.0833. The number of hydrogen-bond donors (Lipinski definition) is 0. The summed E-state index contributed by atoms with van der Waals surface area (Å²) in [5, 5.41) is 0. The number of benzene rings is 1. The molecule has 0 fully saturated rings. The van der Waals surface area contributed by atoms with Crippen LogP contribution in [0, 0.1) is 12.7 Å². The van der Waals surface area contributed by atoms with Crippen LogP contribution < -0.4 is 0 Å². The molecule has 0 spiro atoms. The molecular formula is C16H27FO. The van der Waals surface area contributed by atoms with Crippen LogP contribution in [0.4, 0.5) is 4.39 Å². The predicted molar refractivity (Wildman–Crippen MR) is 76.6 cm³/mol. The number of halogens is 1. The van der Waals surface area contributed by atoms with E-state index in [-0.39, 0.29) is 11.7 Å². The van der Waals surface area contributed by atoms with Crippen molar-refractivity contribution in [1.29, 1.82) is 0 Å². The minimum absolute atomic E-state index is 0.0833. The Kier molecular flexibility index (Phi) is 9.57. The number of ether oxygens (including phenoxy) is 1. The van der Waals surface area contributed by atoms with Gasteiger partial charge in [0.05, 0.1) is 0 Å². The lowest BCUT2D eigenvalue weighted by Gasteiger charge is -2.06. The zero-order chi connectivity index (χ0) is 14.0. The molecule has 1 nitrogen and oxygen atoms in total. The van der Waals surface area contributed by atoms with E-state index in [1.54, 1.807) is 6.07 Å². The van der Waals surface area contributed by atoms with E-state index in [0.29, 0.717) is 0 Å². The Morgan fingerprint density at radius 1 is 1.11 bits per heavy atom. The molecule has 0 saturated heterocycles. The van der Waals surface area contributed by atoms with Gasteiger partial charge in [-0.3, -0.25) is 0 Å². The van der Waals surface area contributed by atoms with E-state index in [9.17, 15) is 4.39 Å². The summed E-state index contributed by atoms with van der Waals surface area (Å²) in [5.41, 5.74) is 1.78. The van der Waals surface area contributed by atoms with Gasteiger partial charge in [0.2, 0.25) is 0 Å². The summed E-state index contributed by atoms with van der Waals surface area (Å²) in [6.07, 6.45) is 2.28. The van der Waals surface area contributed by atoms with Gasteiger partial charge in [0.15, 0.2) is 0 Å². The van der Waals surface area contributed by atoms with Crippen molar-refractivity contribution < 1.29 is 9.13 Å². The Hall–Kier alpha value is -0.890. The predicted octanol–water partition coefficient (Wildman–Crippen LogP) is 5.08. The average molecular weight is 254 g/mol. The van der Waals surface area contributed by atoms with Crippen molar-refractivity contribution in [3.05, 3.63) is 35.1 Å². The minimum Gasteiger partial charge on any atom is -0.381 e. The lowest BCUT2D eigenvalue weighted by Crippen LogP contribution is -1.92. The zero-order valence-electron chi connectivity index (χ0n) is 12.4. The van der Waals surface area contributed by atoms with Crippen molar-refractivity contribution in [2.75, 3.05) is 13.2 Å². The van der Waals surface area contributed by atoms with Gasteiger partial charge in [-0.1, -0.05) is 39.8 Å². The van der Waals surface area contributed by atoms with Crippen LogP contribution in [0.3, 0.4) is 0 Å². The number of aryl methyl sites for hydroxylation is 1. The summed E-state index contributed by atoms with van der Waals surface area (Å²) in [5.74, 6) is 0.190. The highest BCUT2D eigenvalue weighted by molar-refractivity contribution is 5.25. The third kappa shape index (κ3) is 7.44. The summed E-state index contributed by atoms with van der Waals surface area (Å²) < 4.78 is 18.2. The van der Waals surface area contributed by atoms with Crippen LogP contribution in [0.25, 0.3) is 0 Å². The largest absolute Gasteiger partial charge is 0.381 e. The molecule has 1 aromatic carbocycles. The highest BCUT2D eigenvalue weighted by Crippen LogP contribution is 2.18. The topological polar surface area (TPSA) is 9.23 Å². The average Bonchev–Trinajstić information content (AvgIpc) is 2.30. The molecule has 2 heteroatoms. The first-order valence-electron chi connectivity index (χ1n) is 6.86. The van der Waals surface area contributed by atoms with Gasteiger partial charge in [-0.2, -0.15) is 0 Å². The molecule has 0 aliphatic rings. The maximum absolute atomic E-state index is 13.1. The van der Waals surface area contributed by atoms with Crippen LogP contribution in [-0.2, 0) is 4.74 Å². The van der Waals surface area contributed by atoms with E-state index in [4.69, 9.17) is 4.74 Å². The molecular weight excluding hydrogens is 227 g/mol. The Labute approximate surface area is 111 Å². The molecule has 0 aromatic heterocycles. The standard InChI is InChI=1S/C10H13F.C6H14O/c1-7(2)9-5-4-8(3)6-10(9)11;1-3-5-7-6-4-2/h4-7H,1-3H3;3-6H2,1-2H3. The quantitative estimate of drug-likeness (QED) is 0.666. The number of hydrogen-bond acceptors (Lipinski definition) is 1. The maximum Gasteiger partial charge on any atom is 0.126 e. The van der Waals surface area contributed by atoms with Crippen LogP contribution in [0.15, 0.2) is 18.2 Å². The van der Waals surface area contributed by atoms with Crippen molar-refractivity contribution >= 4 is 0 Å². The van der Waals surface area contributed by atoms with E-state index < -0.39 is 0 Å². The first-order chi connectivity index (χ1) is 8.52. The third-order valence-corrected chi connectivity index (χ3v) is 2.47. The Balaban J connectivity index is 0.000000360. The third-order valence-electron chi connectivity index (χ3n) is 2.47. The lowest BCUT2D eigenvalue weighted by atomic mass is 10.0. The van der Waals surface area contributed by atoms with Crippen molar-refractivity contribution in [1.82, 2.24) is 0 Å². The molecule has 0 saturated carbocycles. The summed E-state index contributed by atoms with van der Waals surface area (Å²) >= 11 is 0. The summed E-state index contributed by atoms with van der Waals surface area (Å²) in [4.78, 5) is 0. The summed E-state index contributed by atoms with van der Waals surface area (Å²) in [6.45, 7) is 12.0. The fourth-order valence-electron chi connectivity index (χ4n) is 1.49. The van der Waals surface area contributed by atoms with Crippen LogP contribution >= 0.6 is 0 Å².